The molecule has 1 unspecified atom stereocenters. The highest BCUT2D eigenvalue weighted by Crippen LogP contribution is 2.50. The van der Waals surface area contributed by atoms with E-state index in [4.69, 9.17) is 10.6 Å². The Hall–Kier alpha value is -1.68. The number of fused-ring (bicyclic) bond motifs is 2. The molecule has 1 atom stereocenters. The molecule has 3 nitrogen and oxygen atoms in total. The Morgan fingerprint density at radius 3 is 2.38 bits per heavy atom. The Balaban J connectivity index is 1.77. The second-order valence-corrected chi connectivity index (χ2v) is 6.03. The third-order valence-electron chi connectivity index (χ3n) is 4.79. The Morgan fingerprint density at radius 2 is 1.62 bits per heavy atom. The minimum atomic E-state index is -0.160. The lowest BCUT2D eigenvalue weighted by Crippen LogP contribution is -2.45. The number of piperidine rings is 1. The van der Waals surface area contributed by atoms with Gasteiger partial charge in [0, 0.05) is 13.1 Å². The van der Waals surface area contributed by atoms with Crippen molar-refractivity contribution in [1.82, 2.24) is 5.01 Å². The SMILES string of the molecule is NN1CCC2(CC1)OC(c1ccccc1)c1ccccc12. The highest BCUT2D eigenvalue weighted by atomic mass is 16.5. The van der Waals surface area contributed by atoms with Gasteiger partial charge in [0.15, 0.2) is 0 Å². The summed E-state index contributed by atoms with van der Waals surface area (Å²) < 4.78 is 6.61. The van der Waals surface area contributed by atoms with E-state index in [0.29, 0.717) is 0 Å². The zero-order valence-corrected chi connectivity index (χ0v) is 12.0. The van der Waals surface area contributed by atoms with E-state index >= 15 is 0 Å². The predicted octanol–water partition coefficient (Wildman–Crippen LogP) is 2.97. The van der Waals surface area contributed by atoms with Crippen molar-refractivity contribution in [1.29, 1.82) is 0 Å². The van der Waals surface area contributed by atoms with Gasteiger partial charge in [-0.15, -0.1) is 0 Å². The van der Waals surface area contributed by atoms with Gasteiger partial charge in [-0.05, 0) is 29.5 Å². The van der Waals surface area contributed by atoms with Crippen molar-refractivity contribution >= 4 is 0 Å². The van der Waals surface area contributed by atoms with Crippen molar-refractivity contribution in [3.63, 3.8) is 0 Å². The quantitative estimate of drug-likeness (QED) is 0.816. The predicted molar refractivity (Wildman–Crippen MR) is 82.5 cm³/mol. The lowest BCUT2D eigenvalue weighted by molar-refractivity contribution is -0.0970. The van der Waals surface area contributed by atoms with Crippen molar-refractivity contribution in [2.24, 2.45) is 5.84 Å². The second-order valence-electron chi connectivity index (χ2n) is 6.03. The summed E-state index contributed by atoms with van der Waals surface area (Å²) in [5.74, 6) is 5.93. The molecule has 2 N–H and O–H groups in total. The van der Waals surface area contributed by atoms with Gasteiger partial charge in [0.25, 0.3) is 0 Å². The van der Waals surface area contributed by atoms with E-state index in [1.54, 1.807) is 0 Å². The van der Waals surface area contributed by atoms with Crippen LogP contribution in [-0.4, -0.2) is 18.1 Å². The Bertz CT molecular complexity index is 633. The summed E-state index contributed by atoms with van der Waals surface area (Å²) in [6, 6.07) is 19.2. The average Bonchev–Trinajstić information content (AvgIpc) is 2.87. The van der Waals surface area contributed by atoms with Crippen LogP contribution in [0, 0.1) is 0 Å². The van der Waals surface area contributed by atoms with Gasteiger partial charge in [-0.3, -0.25) is 5.84 Å². The molecule has 0 saturated carbocycles. The van der Waals surface area contributed by atoms with Crippen molar-refractivity contribution in [2.75, 3.05) is 13.1 Å². The summed E-state index contributed by atoms with van der Waals surface area (Å²) in [7, 11) is 0. The van der Waals surface area contributed by atoms with E-state index in [9.17, 15) is 0 Å². The van der Waals surface area contributed by atoms with Gasteiger partial charge in [-0.25, -0.2) is 5.01 Å². The first-order chi connectivity index (χ1) is 10.3. The maximum Gasteiger partial charge on any atom is 0.109 e. The van der Waals surface area contributed by atoms with Gasteiger partial charge in [0.1, 0.15) is 6.10 Å². The van der Waals surface area contributed by atoms with E-state index in [0.717, 1.165) is 25.9 Å². The largest absolute Gasteiger partial charge is 0.358 e. The first-order valence-electron chi connectivity index (χ1n) is 7.60. The van der Waals surface area contributed by atoms with Crippen LogP contribution in [0.2, 0.25) is 0 Å². The lowest BCUT2D eigenvalue weighted by Gasteiger charge is -2.38. The average molecular weight is 280 g/mol. The summed E-state index contributed by atoms with van der Waals surface area (Å²) in [6.45, 7) is 1.77. The molecule has 21 heavy (non-hydrogen) atoms. The fraction of sp³-hybridized carbons (Fsp3) is 0.333. The zero-order chi connectivity index (χ0) is 14.3. The minimum Gasteiger partial charge on any atom is -0.358 e. The van der Waals surface area contributed by atoms with Gasteiger partial charge in [-0.2, -0.15) is 0 Å². The number of hydrogen-bond acceptors (Lipinski definition) is 3. The maximum absolute atomic E-state index is 6.61. The highest BCUT2D eigenvalue weighted by Gasteiger charge is 2.46. The van der Waals surface area contributed by atoms with Crippen LogP contribution in [0.4, 0.5) is 0 Å². The molecular weight excluding hydrogens is 260 g/mol. The normalized spacial score (nSPS) is 24.1. The molecule has 2 aromatic carbocycles. The molecule has 0 radical (unpaired) electrons. The number of hydrogen-bond donors (Lipinski definition) is 1. The highest BCUT2D eigenvalue weighted by molar-refractivity contribution is 5.43. The molecule has 1 fully saturated rings. The molecule has 108 valence electrons. The van der Waals surface area contributed by atoms with Crippen molar-refractivity contribution in [3.8, 4) is 0 Å². The third kappa shape index (κ3) is 2.09. The molecule has 1 spiro atoms. The Kier molecular flexibility index (Phi) is 3.07. The Labute approximate surface area is 125 Å². The van der Waals surface area contributed by atoms with Gasteiger partial charge >= 0.3 is 0 Å². The zero-order valence-electron chi connectivity index (χ0n) is 12.0. The summed E-state index contributed by atoms with van der Waals surface area (Å²) in [5, 5.41) is 1.90. The topological polar surface area (TPSA) is 38.5 Å². The minimum absolute atomic E-state index is 0.0479. The number of nitrogens with zero attached hydrogens (tertiary/aromatic N) is 1. The van der Waals surface area contributed by atoms with Crippen LogP contribution < -0.4 is 5.84 Å². The molecule has 2 aromatic rings. The molecule has 0 amide bonds. The lowest BCUT2D eigenvalue weighted by atomic mass is 9.83. The van der Waals surface area contributed by atoms with E-state index in [-0.39, 0.29) is 11.7 Å². The van der Waals surface area contributed by atoms with Crippen LogP contribution in [0.25, 0.3) is 0 Å². The molecule has 2 aliphatic heterocycles. The number of nitrogens with two attached hydrogens (primary N) is 1. The van der Waals surface area contributed by atoms with E-state index < -0.39 is 0 Å². The van der Waals surface area contributed by atoms with E-state index in [1.807, 2.05) is 11.1 Å². The van der Waals surface area contributed by atoms with Crippen molar-refractivity contribution in [3.05, 3.63) is 71.3 Å². The fourth-order valence-corrected chi connectivity index (χ4v) is 3.64. The van der Waals surface area contributed by atoms with Crippen molar-refractivity contribution in [2.45, 2.75) is 24.5 Å². The molecular formula is C18H20N2O. The number of ether oxygens (including phenoxy) is 1. The monoisotopic (exact) mass is 280 g/mol. The van der Waals surface area contributed by atoms with Gasteiger partial charge in [0.2, 0.25) is 0 Å². The third-order valence-corrected chi connectivity index (χ3v) is 4.79. The van der Waals surface area contributed by atoms with Crippen LogP contribution in [0.3, 0.4) is 0 Å². The molecule has 1 saturated heterocycles. The van der Waals surface area contributed by atoms with Crippen molar-refractivity contribution < 1.29 is 4.74 Å². The van der Waals surface area contributed by atoms with Crippen LogP contribution in [0.1, 0.15) is 35.6 Å². The van der Waals surface area contributed by atoms with Crippen LogP contribution in [0.15, 0.2) is 54.6 Å². The summed E-state index contributed by atoms with van der Waals surface area (Å²) in [5.41, 5.74) is 3.74. The van der Waals surface area contributed by atoms with E-state index in [2.05, 4.69) is 48.5 Å². The number of hydrazine groups is 1. The number of benzene rings is 2. The maximum atomic E-state index is 6.61. The molecule has 3 heteroatoms. The van der Waals surface area contributed by atoms with Gasteiger partial charge in [0.05, 0.1) is 5.60 Å². The smallest absolute Gasteiger partial charge is 0.109 e. The summed E-state index contributed by atoms with van der Waals surface area (Å²) in [4.78, 5) is 0. The molecule has 2 aliphatic rings. The van der Waals surface area contributed by atoms with Crippen LogP contribution in [-0.2, 0) is 10.3 Å². The number of rotatable bonds is 1. The first-order valence-corrected chi connectivity index (χ1v) is 7.60. The van der Waals surface area contributed by atoms with Gasteiger partial charge in [-0.1, -0.05) is 54.6 Å². The summed E-state index contributed by atoms with van der Waals surface area (Å²) >= 11 is 0. The van der Waals surface area contributed by atoms with Crippen LogP contribution in [0.5, 0.6) is 0 Å². The Morgan fingerprint density at radius 1 is 0.952 bits per heavy atom. The van der Waals surface area contributed by atoms with Crippen LogP contribution >= 0.6 is 0 Å². The first kappa shape index (κ1) is 13.0. The molecule has 4 rings (SSSR count). The summed E-state index contributed by atoms with van der Waals surface area (Å²) in [6.07, 6.45) is 1.97. The standard InChI is InChI=1S/C18H20N2O/c19-20-12-10-18(11-13-20)16-9-5-4-8-15(16)17(21-18)14-6-2-1-3-7-14/h1-9,17H,10-13,19H2. The molecule has 0 aromatic heterocycles. The van der Waals surface area contributed by atoms with E-state index in [1.165, 1.54) is 16.7 Å². The molecule has 0 aliphatic carbocycles. The fourth-order valence-electron chi connectivity index (χ4n) is 3.64. The van der Waals surface area contributed by atoms with Gasteiger partial charge < -0.3 is 4.74 Å². The molecule has 2 heterocycles. The molecule has 0 bridgehead atoms. The second kappa shape index (κ2) is 4.95.